The van der Waals surface area contributed by atoms with Gasteiger partial charge in [0.25, 0.3) is 10.2 Å². The quantitative estimate of drug-likeness (QED) is 0.505. The molecule has 100 valence electrons. The Labute approximate surface area is 103 Å². The van der Waals surface area contributed by atoms with E-state index in [1.54, 1.807) is 13.0 Å². The highest BCUT2D eigenvalue weighted by molar-refractivity contribution is 7.87. The number of carbonyl (C=O) groups excluding carboxylic acids is 1. The van der Waals surface area contributed by atoms with Crippen LogP contribution in [0.5, 0.6) is 0 Å². The largest absolute Gasteiger partial charge is 0.469 e. The van der Waals surface area contributed by atoms with Crippen molar-refractivity contribution in [1.29, 1.82) is 0 Å². The van der Waals surface area contributed by atoms with Crippen molar-refractivity contribution in [3.63, 3.8) is 0 Å². The van der Waals surface area contributed by atoms with Crippen molar-refractivity contribution in [3.8, 4) is 0 Å². The summed E-state index contributed by atoms with van der Waals surface area (Å²) in [7, 11) is -0.884. The Hall–Kier alpha value is -0.920. The Morgan fingerprint density at radius 3 is 2.65 bits per heavy atom. The highest BCUT2D eigenvalue weighted by Crippen LogP contribution is 2.01. The third kappa shape index (κ3) is 6.40. The molecule has 0 rings (SSSR count). The van der Waals surface area contributed by atoms with Gasteiger partial charge in [-0.3, -0.25) is 4.79 Å². The fraction of sp³-hybridized carbons (Fsp3) is 0.700. The molecule has 0 saturated heterocycles. The molecule has 7 heteroatoms. The number of hydrogen-bond donors (Lipinski definition) is 1. The smallest absolute Gasteiger partial charge is 0.306 e. The van der Waals surface area contributed by atoms with Crippen LogP contribution in [0.3, 0.4) is 0 Å². The summed E-state index contributed by atoms with van der Waals surface area (Å²) in [5.74, 6) is -0.439. The van der Waals surface area contributed by atoms with E-state index in [0.29, 0.717) is 6.42 Å². The summed E-state index contributed by atoms with van der Waals surface area (Å²) in [5.41, 5.74) is 0. The molecule has 0 heterocycles. The molecule has 0 bridgehead atoms. The number of nitrogens with zero attached hydrogens (tertiary/aromatic N) is 1. The van der Waals surface area contributed by atoms with Crippen molar-refractivity contribution >= 4 is 16.2 Å². The summed E-state index contributed by atoms with van der Waals surface area (Å²) in [5, 5.41) is 0. The second kappa shape index (κ2) is 7.41. The van der Waals surface area contributed by atoms with Crippen LogP contribution in [-0.4, -0.2) is 45.4 Å². The van der Waals surface area contributed by atoms with Gasteiger partial charge in [-0.15, -0.1) is 6.58 Å². The number of esters is 1. The Morgan fingerprint density at radius 2 is 2.18 bits per heavy atom. The zero-order chi connectivity index (χ0) is 13.5. The van der Waals surface area contributed by atoms with Gasteiger partial charge in [0.1, 0.15) is 0 Å². The Bertz CT molecular complexity index is 353. The van der Waals surface area contributed by atoms with E-state index in [0.717, 1.165) is 4.31 Å². The molecule has 1 N–H and O–H groups in total. The molecule has 0 amide bonds. The molecule has 0 aromatic heterocycles. The molecule has 0 aromatic carbocycles. The number of methoxy groups -OCH3 is 1. The minimum atomic E-state index is -3.56. The van der Waals surface area contributed by atoms with E-state index in [1.807, 2.05) is 0 Å². The maximum Gasteiger partial charge on any atom is 0.306 e. The van der Waals surface area contributed by atoms with Gasteiger partial charge in [-0.2, -0.15) is 17.4 Å². The monoisotopic (exact) mass is 264 g/mol. The lowest BCUT2D eigenvalue weighted by Gasteiger charge is -2.20. The summed E-state index contributed by atoms with van der Waals surface area (Å²) in [6.07, 6.45) is 2.22. The van der Waals surface area contributed by atoms with Crippen molar-refractivity contribution < 1.29 is 17.9 Å². The molecule has 17 heavy (non-hydrogen) atoms. The molecule has 0 saturated carbocycles. The Kier molecular flexibility index (Phi) is 7.01. The zero-order valence-corrected chi connectivity index (χ0v) is 11.3. The van der Waals surface area contributed by atoms with Crippen LogP contribution in [0.1, 0.15) is 19.8 Å². The molecule has 1 atom stereocenters. The third-order valence-electron chi connectivity index (χ3n) is 2.14. The van der Waals surface area contributed by atoms with Crippen molar-refractivity contribution in [3.05, 3.63) is 12.7 Å². The lowest BCUT2D eigenvalue weighted by molar-refractivity contribution is -0.140. The molecule has 0 radical (unpaired) electrons. The highest BCUT2D eigenvalue weighted by atomic mass is 32.2. The van der Waals surface area contributed by atoms with E-state index in [1.165, 1.54) is 14.2 Å². The standard InChI is InChI=1S/C10H20N2O4S/c1-5-6-9(2)11-17(14,15)12(3)8-7-10(13)16-4/h5,9,11H,1,6-8H2,2-4H3. The van der Waals surface area contributed by atoms with Gasteiger partial charge in [0.2, 0.25) is 0 Å². The minimum Gasteiger partial charge on any atom is -0.469 e. The first-order valence-corrected chi connectivity index (χ1v) is 6.68. The van der Waals surface area contributed by atoms with Gasteiger partial charge in [0.05, 0.1) is 13.5 Å². The van der Waals surface area contributed by atoms with Crippen LogP contribution in [0, 0.1) is 0 Å². The molecular weight excluding hydrogens is 244 g/mol. The van der Waals surface area contributed by atoms with Crippen molar-refractivity contribution in [2.24, 2.45) is 0 Å². The number of nitrogens with one attached hydrogen (secondary N) is 1. The van der Waals surface area contributed by atoms with E-state index in [-0.39, 0.29) is 19.0 Å². The summed E-state index contributed by atoms with van der Waals surface area (Å²) in [6.45, 7) is 5.37. The molecule has 0 aliphatic heterocycles. The van der Waals surface area contributed by atoms with Crippen molar-refractivity contribution in [2.75, 3.05) is 20.7 Å². The number of ether oxygens (including phenoxy) is 1. The van der Waals surface area contributed by atoms with Crippen LogP contribution < -0.4 is 4.72 Å². The first-order chi connectivity index (χ1) is 7.83. The van der Waals surface area contributed by atoms with Gasteiger partial charge in [0.15, 0.2) is 0 Å². The van der Waals surface area contributed by atoms with E-state index in [9.17, 15) is 13.2 Å². The third-order valence-corrected chi connectivity index (χ3v) is 3.84. The van der Waals surface area contributed by atoms with Gasteiger partial charge in [-0.05, 0) is 13.3 Å². The predicted molar refractivity (Wildman–Crippen MR) is 65.6 cm³/mol. The molecule has 0 aliphatic rings. The molecule has 0 spiro atoms. The van der Waals surface area contributed by atoms with Crippen molar-refractivity contribution in [2.45, 2.75) is 25.8 Å². The fourth-order valence-corrected chi connectivity index (χ4v) is 2.23. The van der Waals surface area contributed by atoms with Gasteiger partial charge >= 0.3 is 5.97 Å². The summed E-state index contributed by atoms with van der Waals surface area (Å²) in [4.78, 5) is 10.9. The number of carbonyl (C=O) groups is 1. The summed E-state index contributed by atoms with van der Waals surface area (Å²) in [6, 6.07) is -0.224. The fourth-order valence-electron chi connectivity index (χ4n) is 1.11. The average molecular weight is 264 g/mol. The Balaban J connectivity index is 4.29. The molecule has 0 fully saturated rings. The summed E-state index contributed by atoms with van der Waals surface area (Å²) < 4.78 is 31.5. The second-order valence-electron chi connectivity index (χ2n) is 3.70. The maximum atomic E-state index is 11.7. The highest BCUT2D eigenvalue weighted by Gasteiger charge is 2.20. The molecule has 0 aliphatic carbocycles. The average Bonchev–Trinajstić information content (AvgIpc) is 2.24. The van der Waals surface area contributed by atoms with Crippen LogP contribution >= 0.6 is 0 Å². The first kappa shape index (κ1) is 16.1. The van der Waals surface area contributed by atoms with Crippen LogP contribution in [0.25, 0.3) is 0 Å². The van der Waals surface area contributed by atoms with Gasteiger partial charge in [0, 0.05) is 19.6 Å². The predicted octanol–water partition coefficient (Wildman–Crippen LogP) is 0.280. The van der Waals surface area contributed by atoms with E-state index < -0.39 is 16.2 Å². The second-order valence-corrected chi connectivity index (χ2v) is 5.51. The lowest BCUT2D eigenvalue weighted by atomic mass is 10.3. The zero-order valence-electron chi connectivity index (χ0n) is 10.5. The minimum absolute atomic E-state index is 0.0315. The Morgan fingerprint density at radius 1 is 1.59 bits per heavy atom. The van der Waals surface area contributed by atoms with E-state index >= 15 is 0 Å². The normalized spacial score (nSPS) is 13.4. The van der Waals surface area contributed by atoms with Crippen LogP contribution in [0.2, 0.25) is 0 Å². The van der Waals surface area contributed by atoms with E-state index in [4.69, 9.17) is 0 Å². The van der Waals surface area contributed by atoms with Gasteiger partial charge in [-0.25, -0.2) is 0 Å². The summed E-state index contributed by atoms with van der Waals surface area (Å²) >= 11 is 0. The SMILES string of the molecule is C=CCC(C)NS(=O)(=O)N(C)CCC(=O)OC. The first-order valence-electron chi connectivity index (χ1n) is 5.24. The topological polar surface area (TPSA) is 75.7 Å². The van der Waals surface area contributed by atoms with Gasteiger partial charge < -0.3 is 4.74 Å². The van der Waals surface area contributed by atoms with E-state index in [2.05, 4.69) is 16.0 Å². The van der Waals surface area contributed by atoms with Crippen LogP contribution in [-0.2, 0) is 19.7 Å². The molecule has 1 unspecified atom stereocenters. The maximum absolute atomic E-state index is 11.7. The molecule has 6 nitrogen and oxygen atoms in total. The lowest BCUT2D eigenvalue weighted by Crippen LogP contribution is -2.43. The van der Waals surface area contributed by atoms with Crippen LogP contribution in [0.15, 0.2) is 12.7 Å². The van der Waals surface area contributed by atoms with Gasteiger partial charge in [-0.1, -0.05) is 6.08 Å². The number of hydrogen-bond acceptors (Lipinski definition) is 4. The molecule has 0 aromatic rings. The molecular formula is C10H20N2O4S. The van der Waals surface area contributed by atoms with Crippen LogP contribution in [0.4, 0.5) is 0 Å². The van der Waals surface area contributed by atoms with Crippen molar-refractivity contribution in [1.82, 2.24) is 9.03 Å². The number of rotatable bonds is 8.